The van der Waals surface area contributed by atoms with Crippen LogP contribution in [-0.2, 0) is 22.6 Å². The Morgan fingerprint density at radius 3 is 2.10 bits per heavy atom. The molecule has 208 valence electrons. The van der Waals surface area contributed by atoms with Crippen molar-refractivity contribution in [1.29, 1.82) is 0 Å². The van der Waals surface area contributed by atoms with Crippen molar-refractivity contribution in [3.8, 4) is 17.2 Å². The smallest absolute Gasteiger partial charge is 0.261 e. The number of unbranched alkanes of at least 4 members (excludes halogenated alkanes) is 1. The zero-order valence-electron chi connectivity index (χ0n) is 22.4. The first-order chi connectivity index (χ1) is 18.9. The van der Waals surface area contributed by atoms with E-state index in [0.29, 0.717) is 45.8 Å². The van der Waals surface area contributed by atoms with Gasteiger partial charge in [0.1, 0.15) is 23.3 Å². The number of hydrogen-bond acceptors (Lipinski definition) is 5. The number of hydrogen-bond donors (Lipinski definition) is 1. The first-order valence-corrected chi connectivity index (χ1v) is 13.5. The van der Waals surface area contributed by atoms with Gasteiger partial charge >= 0.3 is 0 Å². The Labute approximate surface area is 240 Å². The van der Waals surface area contributed by atoms with Gasteiger partial charge in [-0.15, -0.1) is 0 Å². The summed E-state index contributed by atoms with van der Waals surface area (Å²) in [4.78, 5) is 28.8. The molecule has 7 nitrogen and oxygen atoms in total. The number of ether oxygens (including phenoxy) is 3. The number of nitrogens with zero attached hydrogens (tertiary/aromatic N) is 1. The zero-order valence-corrected chi connectivity index (χ0v) is 23.9. The Kier molecular flexibility index (Phi) is 11.8. The molecule has 0 spiro atoms. The Balaban J connectivity index is 1.95. The van der Waals surface area contributed by atoms with Crippen molar-refractivity contribution in [2.45, 2.75) is 38.8 Å². The summed E-state index contributed by atoms with van der Waals surface area (Å²) in [7, 11) is 3.06. The Morgan fingerprint density at radius 1 is 0.897 bits per heavy atom. The van der Waals surface area contributed by atoms with Crippen molar-refractivity contribution in [2.24, 2.45) is 0 Å². The first-order valence-electron chi connectivity index (χ1n) is 12.8. The second kappa shape index (κ2) is 15.2. The summed E-state index contributed by atoms with van der Waals surface area (Å²) in [5.74, 6) is 0.774. The lowest BCUT2D eigenvalue weighted by Crippen LogP contribution is -2.52. The number of methoxy groups -OCH3 is 2. The fraction of sp³-hybridized carbons (Fsp3) is 0.333. The van der Waals surface area contributed by atoms with Gasteiger partial charge in [-0.3, -0.25) is 9.59 Å². The van der Waals surface area contributed by atoms with Crippen LogP contribution in [0.5, 0.6) is 17.2 Å². The average Bonchev–Trinajstić information content (AvgIpc) is 2.95. The summed E-state index contributed by atoms with van der Waals surface area (Å²) in [6, 6.07) is 18.9. The van der Waals surface area contributed by atoms with Crippen LogP contribution < -0.4 is 19.5 Å². The van der Waals surface area contributed by atoms with Gasteiger partial charge in [0.2, 0.25) is 5.91 Å². The molecule has 0 radical (unpaired) electrons. The fourth-order valence-corrected chi connectivity index (χ4v) is 4.52. The van der Waals surface area contributed by atoms with Crippen LogP contribution in [0.4, 0.5) is 0 Å². The van der Waals surface area contributed by atoms with Crippen LogP contribution in [0.3, 0.4) is 0 Å². The fourth-order valence-electron chi connectivity index (χ4n) is 4.01. The number of amides is 2. The average molecular weight is 574 g/mol. The van der Waals surface area contributed by atoms with E-state index in [2.05, 4.69) is 5.32 Å². The minimum absolute atomic E-state index is 0.0286. The van der Waals surface area contributed by atoms with Crippen molar-refractivity contribution >= 4 is 35.0 Å². The summed E-state index contributed by atoms with van der Waals surface area (Å²) < 4.78 is 16.5. The molecule has 0 aromatic heterocycles. The van der Waals surface area contributed by atoms with Gasteiger partial charge in [-0.2, -0.15) is 0 Å². The van der Waals surface area contributed by atoms with E-state index in [9.17, 15) is 9.59 Å². The van der Waals surface area contributed by atoms with E-state index in [4.69, 9.17) is 37.4 Å². The number of carbonyl (C=O) groups is 2. The monoisotopic (exact) mass is 572 g/mol. The van der Waals surface area contributed by atoms with E-state index in [1.165, 1.54) is 19.1 Å². The zero-order chi connectivity index (χ0) is 28.2. The second-order valence-corrected chi connectivity index (χ2v) is 9.72. The summed E-state index contributed by atoms with van der Waals surface area (Å²) in [5.41, 5.74) is 1.46. The van der Waals surface area contributed by atoms with Crippen molar-refractivity contribution < 1.29 is 23.8 Å². The summed E-state index contributed by atoms with van der Waals surface area (Å²) in [5, 5.41) is 3.80. The SMILES string of the molecule is CCCCNC(=O)[C@H](Cc1ccccc1)N(Cc1c(Cl)cccc1Cl)C(=O)COc1cc(OC)cc(OC)c1. The lowest BCUT2D eigenvalue weighted by molar-refractivity contribution is -0.142. The normalized spacial score (nSPS) is 11.4. The van der Waals surface area contributed by atoms with Gasteiger partial charge in [-0.05, 0) is 24.1 Å². The Bertz CT molecular complexity index is 1200. The molecule has 9 heteroatoms. The predicted octanol–water partition coefficient (Wildman–Crippen LogP) is 5.95. The van der Waals surface area contributed by atoms with Gasteiger partial charge in [0.15, 0.2) is 6.61 Å². The quantitative estimate of drug-likeness (QED) is 0.242. The molecule has 1 atom stereocenters. The highest BCUT2D eigenvalue weighted by Crippen LogP contribution is 2.29. The molecule has 0 saturated heterocycles. The maximum atomic E-state index is 13.8. The third-order valence-corrected chi connectivity index (χ3v) is 6.89. The van der Waals surface area contributed by atoms with Gasteiger partial charge in [0.05, 0.1) is 14.2 Å². The van der Waals surface area contributed by atoms with E-state index in [0.717, 1.165) is 18.4 Å². The molecule has 3 rings (SSSR count). The highest BCUT2D eigenvalue weighted by molar-refractivity contribution is 6.36. The summed E-state index contributed by atoms with van der Waals surface area (Å²) in [6.45, 7) is 2.26. The topological polar surface area (TPSA) is 77.1 Å². The van der Waals surface area contributed by atoms with Gasteiger partial charge in [-0.25, -0.2) is 0 Å². The summed E-state index contributed by atoms with van der Waals surface area (Å²) >= 11 is 13.0. The molecule has 0 aliphatic carbocycles. The van der Waals surface area contributed by atoms with Gasteiger partial charge in [0, 0.05) is 53.3 Å². The minimum Gasteiger partial charge on any atom is -0.496 e. The van der Waals surface area contributed by atoms with Gasteiger partial charge in [-0.1, -0.05) is 72.9 Å². The summed E-state index contributed by atoms with van der Waals surface area (Å²) in [6.07, 6.45) is 2.06. The second-order valence-electron chi connectivity index (χ2n) is 8.91. The van der Waals surface area contributed by atoms with E-state index >= 15 is 0 Å². The number of halogens is 2. The minimum atomic E-state index is -0.826. The first kappa shape index (κ1) is 30.1. The van der Waals surface area contributed by atoms with Crippen LogP contribution in [-0.4, -0.2) is 50.1 Å². The van der Waals surface area contributed by atoms with E-state index in [1.54, 1.807) is 36.4 Å². The molecular formula is C30H34Cl2N2O5. The van der Waals surface area contributed by atoms with Crippen LogP contribution in [0.15, 0.2) is 66.7 Å². The maximum Gasteiger partial charge on any atom is 0.261 e. The Morgan fingerprint density at radius 2 is 1.51 bits per heavy atom. The molecule has 0 fully saturated rings. The van der Waals surface area contributed by atoms with Gasteiger partial charge in [0.25, 0.3) is 5.91 Å². The van der Waals surface area contributed by atoms with Crippen LogP contribution in [0.2, 0.25) is 10.0 Å². The predicted molar refractivity (Wildman–Crippen MR) is 154 cm³/mol. The molecule has 3 aromatic rings. The number of carbonyl (C=O) groups excluding carboxylic acids is 2. The largest absolute Gasteiger partial charge is 0.496 e. The highest BCUT2D eigenvalue weighted by atomic mass is 35.5. The molecule has 0 aliphatic heterocycles. The van der Waals surface area contributed by atoms with Crippen molar-refractivity contribution in [2.75, 3.05) is 27.4 Å². The van der Waals surface area contributed by atoms with Crippen LogP contribution in [0, 0.1) is 0 Å². The standard InChI is InChI=1S/C30H34Cl2N2O5/c1-4-5-14-33-30(36)28(15-21-10-7-6-8-11-21)34(19-25-26(31)12-9-13-27(25)32)29(35)20-39-24-17-22(37-2)16-23(18-24)38-3/h6-13,16-18,28H,4-5,14-15,19-20H2,1-3H3,(H,33,36)/t28-/m0/s1. The lowest BCUT2D eigenvalue weighted by atomic mass is 10.0. The lowest BCUT2D eigenvalue weighted by Gasteiger charge is -2.32. The molecule has 2 amide bonds. The molecule has 1 N–H and O–H groups in total. The molecule has 0 heterocycles. The highest BCUT2D eigenvalue weighted by Gasteiger charge is 2.31. The van der Waals surface area contributed by atoms with Crippen molar-refractivity contribution in [3.63, 3.8) is 0 Å². The number of benzene rings is 3. The molecular weight excluding hydrogens is 539 g/mol. The van der Waals surface area contributed by atoms with E-state index < -0.39 is 11.9 Å². The third-order valence-electron chi connectivity index (χ3n) is 6.18. The molecule has 0 saturated carbocycles. The van der Waals surface area contributed by atoms with E-state index in [-0.39, 0.29) is 19.1 Å². The molecule has 3 aromatic carbocycles. The van der Waals surface area contributed by atoms with Crippen LogP contribution >= 0.6 is 23.2 Å². The molecule has 0 unspecified atom stereocenters. The molecule has 39 heavy (non-hydrogen) atoms. The Hall–Kier alpha value is -3.42. The van der Waals surface area contributed by atoms with Crippen molar-refractivity contribution in [3.05, 3.63) is 87.9 Å². The number of rotatable bonds is 14. The third kappa shape index (κ3) is 8.80. The van der Waals surface area contributed by atoms with Crippen LogP contribution in [0.1, 0.15) is 30.9 Å². The maximum absolute atomic E-state index is 13.8. The number of nitrogens with one attached hydrogen (secondary N) is 1. The van der Waals surface area contributed by atoms with Crippen molar-refractivity contribution in [1.82, 2.24) is 10.2 Å². The van der Waals surface area contributed by atoms with E-state index in [1.807, 2.05) is 37.3 Å². The molecule has 0 bridgehead atoms. The molecule has 0 aliphatic rings. The van der Waals surface area contributed by atoms with Gasteiger partial charge < -0.3 is 24.4 Å². The van der Waals surface area contributed by atoms with Crippen LogP contribution in [0.25, 0.3) is 0 Å².